The minimum atomic E-state index is -3.80. The lowest BCUT2D eigenvalue weighted by Gasteiger charge is -2.24. The van der Waals surface area contributed by atoms with Crippen LogP contribution in [0.4, 0.5) is 0 Å². The van der Waals surface area contributed by atoms with E-state index in [1.54, 1.807) is 30.3 Å². The summed E-state index contributed by atoms with van der Waals surface area (Å²) in [4.78, 5) is 11.3. The van der Waals surface area contributed by atoms with Crippen molar-refractivity contribution in [1.82, 2.24) is 9.03 Å². The summed E-state index contributed by atoms with van der Waals surface area (Å²) in [6, 6.07) is 6.92. The second-order valence-corrected chi connectivity index (χ2v) is 6.56. The first-order chi connectivity index (χ1) is 9.42. The van der Waals surface area contributed by atoms with Gasteiger partial charge in [-0.05, 0) is 25.3 Å². The van der Waals surface area contributed by atoms with Gasteiger partial charge in [0.2, 0.25) is 0 Å². The minimum Gasteiger partial charge on any atom is -0.480 e. The van der Waals surface area contributed by atoms with Crippen molar-refractivity contribution in [3.05, 3.63) is 35.9 Å². The Morgan fingerprint density at radius 3 is 2.55 bits per heavy atom. The summed E-state index contributed by atoms with van der Waals surface area (Å²) < 4.78 is 28.2. The lowest BCUT2D eigenvalue weighted by Crippen LogP contribution is -2.45. The molecule has 1 aromatic rings. The fourth-order valence-electron chi connectivity index (χ4n) is 2.39. The molecule has 1 aliphatic rings. The summed E-state index contributed by atoms with van der Waals surface area (Å²) in [5, 5.41) is 9.25. The third-order valence-corrected chi connectivity index (χ3v) is 5.14. The summed E-state index contributed by atoms with van der Waals surface area (Å²) in [6.45, 7) is 2.25. The van der Waals surface area contributed by atoms with E-state index in [1.807, 2.05) is 6.92 Å². The predicted molar refractivity (Wildman–Crippen MR) is 74.3 cm³/mol. The quantitative estimate of drug-likeness (QED) is 0.853. The van der Waals surface area contributed by atoms with Crippen LogP contribution < -0.4 is 4.72 Å². The number of hydrogen-bond donors (Lipinski definition) is 2. The fourth-order valence-corrected chi connectivity index (χ4v) is 4.01. The Kier molecular flexibility index (Phi) is 4.42. The Morgan fingerprint density at radius 1 is 1.40 bits per heavy atom. The molecule has 1 saturated heterocycles. The van der Waals surface area contributed by atoms with Crippen molar-refractivity contribution in [3.63, 3.8) is 0 Å². The van der Waals surface area contributed by atoms with Crippen LogP contribution in [0.1, 0.15) is 31.4 Å². The summed E-state index contributed by atoms with van der Waals surface area (Å²) in [5.74, 6) is -1.22. The van der Waals surface area contributed by atoms with Crippen LogP contribution in [0.15, 0.2) is 30.3 Å². The van der Waals surface area contributed by atoms with E-state index in [2.05, 4.69) is 4.72 Å². The van der Waals surface area contributed by atoms with Gasteiger partial charge in [-0.2, -0.15) is 17.4 Å². The predicted octanol–water partition coefficient (Wildman–Crippen LogP) is 1.13. The van der Waals surface area contributed by atoms with Crippen LogP contribution in [0.25, 0.3) is 0 Å². The zero-order chi connectivity index (χ0) is 14.8. The van der Waals surface area contributed by atoms with Crippen LogP contribution in [0, 0.1) is 0 Å². The van der Waals surface area contributed by atoms with E-state index in [1.165, 1.54) is 4.31 Å². The molecule has 2 atom stereocenters. The molecule has 0 aromatic heterocycles. The summed E-state index contributed by atoms with van der Waals surface area (Å²) in [5.41, 5.74) is 0.412. The number of carboxylic acids is 1. The molecule has 0 radical (unpaired) electrons. The molecule has 0 saturated carbocycles. The first kappa shape index (κ1) is 15.0. The van der Waals surface area contributed by atoms with E-state index in [-0.39, 0.29) is 6.04 Å². The standard InChI is InChI=1S/C13H18N2O4S/c1-10-6-5-9-15(10)20(18,19)14-12(13(16)17)11-7-3-2-4-8-11/h2-4,7-8,10,12,14H,5-6,9H2,1H3,(H,16,17)/t10?,12-/m0/s1. The molecule has 0 spiro atoms. The maximum absolute atomic E-state index is 12.3. The lowest BCUT2D eigenvalue weighted by molar-refractivity contribution is -0.139. The van der Waals surface area contributed by atoms with Gasteiger partial charge in [0.05, 0.1) is 0 Å². The normalized spacial score (nSPS) is 21.8. The highest BCUT2D eigenvalue weighted by molar-refractivity contribution is 7.87. The average molecular weight is 298 g/mol. The molecule has 1 unspecified atom stereocenters. The zero-order valence-electron chi connectivity index (χ0n) is 11.2. The van der Waals surface area contributed by atoms with E-state index in [4.69, 9.17) is 0 Å². The number of rotatable bonds is 5. The highest BCUT2D eigenvalue weighted by atomic mass is 32.2. The SMILES string of the molecule is CC1CCCN1S(=O)(=O)N[C@H](C(=O)O)c1ccccc1. The minimum absolute atomic E-state index is 0.0993. The van der Waals surface area contributed by atoms with Gasteiger partial charge >= 0.3 is 5.97 Å². The highest BCUT2D eigenvalue weighted by Crippen LogP contribution is 2.22. The van der Waals surface area contributed by atoms with Crippen LogP contribution in [-0.2, 0) is 15.0 Å². The van der Waals surface area contributed by atoms with E-state index in [0.29, 0.717) is 12.1 Å². The molecular formula is C13H18N2O4S. The fraction of sp³-hybridized carbons (Fsp3) is 0.462. The van der Waals surface area contributed by atoms with Gasteiger partial charge in [-0.3, -0.25) is 4.79 Å². The zero-order valence-corrected chi connectivity index (χ0v) is 12.0. The lowest BCUT2D eigenvalue weighted by atomic mass is 10.1. The maximum Gasteiger partial charge on any atom is 0.326 e. The second kappa shape index (κ2) is 5.90. The molecule has 1 aromatic carbocycles. The Hall–Kier alpha value is -1.44. The average Bonchev–Trinajstić information content (AvgIpc) is 2.84. The summed E-state index contributed by atoms with van der Waals surface area (Å²) >= 11 is 0. The van der Waals surface area contributed by atoms with Gasteiger partial charge in [0.15, 0.2) is 0 Å². The van der Waals surface area contributed by atoms with E-state index >= 15 is 0 Å². The molecule has 2 N–H and O–H groups in total. The van der Waals surface area contributed by atoms with Crippen LogP contribution in [0.5, 0.6) is 0 Å². The van der Waals surface area contributed by atoms with Gasteiger partial charge in [0, 0.05) is 12.6 Å². The molecule has 20 heavy (non-hydrogen) atoms. The molecule has 0 aliphatic carbocycles. The smallest absolute Gasteiger partial charge is 0.326 e. The molecule has 110 valence electrons. The van der Waals surface area contributed by atoms with E-state index in [0.717, 1.165) is 12.8 Å². The first-order valence-corrected chi connectivity index (χ1v) is 7.92. The number of carbonyl (C=O) groups is 1. The number of hydrogen-bond acceptors (Lipinski definition) is 3. The van der Waals surface area contributed by atoms with Crippen molar-refractivity contribution in [2.24, 2.45) is 0 Å². The Balaban J connectivity index is 2.23. The molecule has 1 aliphatic heterocycles. The Labute approximate surface area is 118 Å². The number of benzene rings is 1. The van der Waals surface area contributed by atoms with Crippen molar-refractivity contribution in [3.8, 4) is 0 Å². The van der Waals surface area contributed by atoms with Crippen molar-refractivity contribution < 1.29 is 18.3 Å². The summed E-state index contributed by atoms with van der Waals surface area (Å²) in [6.07, 6.45) is 1.59. The van der Waals surface area contributed by atoms with Crippen LogP contribution in [0.2, 0.25) is 0 Å². The van der Waals surface area contributed by atoms with Gasteiger partial charge in [-0.1, -0.05) is 30.3 Å². The first-order valence-electron chi connectivity index (χ1n) is 6.48. The van der Waals surface area contributed by atoms with Crippen molar-refractivity contribution in [1.29, 1.82) is 0 Å². The third-order valence-electron chi connectivity index (χ3n) is 3.45. The molecule has 0 amide bonds. The summed E-state index contributed by atoms with van der Waals surface area (Å²) in [7, 11) is -3.80. The second-order valence-electron chi connectivity index (χ2n) is 4.91. The van der Waals surface area contributed by atoms with Crippen molar-refractivity contribution in [2.45, 2.75) is 31.8 Å². The molecule has 6 nitrogen and oxygen atoms in total. The maximum atomic E-state index is 12.3. The van der Waals surface area contributed by atoms with Gasteiger partial charge in [0.25, 0.3) is 10.2 Å². The van der Waals surface area contributed by atoms with Crippen LogP contribution in [0.3, 0.4) is 0 Å². The van der Waals surface area contributed by atoms with Gasteiger partial charge in [0.1, 0.15) is 6.04 Å². The third kappa shape index (κ3) is 3.17. The van der Waals surface area contributed by atoms with Crippen LogP contribution >= 0.6 is 0 Å². The molecular weight excluding hydrogens is 280 g/mol. The topological polar surface area (TPSA) is 86.7 Å². The van der Waals surface area contributed by atoms with Crippen molar-refractivity contribution in [2.75, 3.05) is 6.54 Å². The van der Waals surface area contributed by atoms with E-state index in [9.17, 15) is 18.3 Å². The monoisotopic (exact) mass is 298 g/mol. The van der Waals surface area contributed by atoms with Gasteiger partial charge < -0.3 is 5.11 Å². The molecule has 2 rings (SSSR count). The van der Waals surface area contributed by atoms with Crippen LogP contribution in [-0.4, -0.2) is 36.4 Å². The molecule has 1 fully saturated rings. The Bertz CT molecular complexity index is 573. The highest BCUT2D eigenvalue weighted by Gasteiger charge is 2.35. The van der Waals surface area contributed by atoms with E-state index < -0.39 is 22.2 Å². The number of aliphatic carboxylic acids is 1. The largest absolute Gasteiger partial charge is 0.480 e. The number of carboxylic acid groups (broad SMARTS) is 1. The molecule has 1 heterocycles. The van der Waals surface area contributed by atoms with Gasteiger partial charge in [-0.25, -0.2) is 0 Å². The number of nitrogens with zero attached hydrogens (tertiary/aromatic N) is 1. The van der Waals surface area contributed by atoms with Gasteiger partial charge in [-0.15, -0.1) is 0 Å². The molecule has 0 bridgehead atoms. The Morgan fingerprint density at radius 2 is 2.05 bits per heavy atom. The van der Waals surface area contributed by atoms with Crippen molar-refractivity contribution >= 4 is 16.2 Å². The number of nitrogens with one attached hydrogen (secondary N) is 1. The molecule has 7 heteroatoms.